The number of anilines is 1. The number of piperazine rings is 1. The highest BCUT2D eigenvalue weighted by atomic mass is 32.1. The standard InChI is InChI=1S/C23H26N4O5S/c1-23(2,3)32-22(28)27-13-8-14(27)10-26(9-13)21-25-18-17(30-15-11-29-12-15)5-4-16(19(18)31-21)20-24-6-7-33-20/h4-7,13-15H,8-12H2,1-3H3. The zero-order valence-electron chi connectivity index (χ0n) is 18.8. The lowest BCUT2D eigenvalue weighted by atomic mass is 9.88. The van der Waals surface area contributed by atoms with E-state index in [0.29, 0.717) is 49.2 Å². The number of carbonyl (C=O) groups is 1. The van der Waals surface area contributed by atoms with Crippen molar-refractivity contribution in [2.45, 2.75) is 51.0 Å². The van der Waals surface area contributed by atoms with Crippen molar-refractivity contribution in [3.63, 3.8) is 0 Å². The SMILES string of the molecule is CC(C)(C)OC(=O)N1C2CC1CN(c1nc3c(OC4COC4)ccc(-c4nccs4)c3o1)C2. The Bertz CT molecular complexity index is 1170. The summed E-state index contributed by atoms with van der Waals surface area (Å²) in [5, 5.41) is 2.82. The summed E-state index contributed by atoms with van der Waals surface area (Å²) in [6, 6.07) is 4.64. The molecule has 0 aliphatic carbocycles. The highest BCUT2D eigenvalue weighted by molar-refractivity contribution is 7.13. The van der Waals surface area contributed by atoms with Crippen molar-refractivity contribution < 1.29 is 23.4 Å². The second kappa shape index (κ2) is 7.59. The molecular weight excluding hydrogens is 444 g/mol. The number of benzene rings is 1. The van der Waals surface area contributed by atoms with E-state index in [1.807, 2.05) is 43.2 Å². The normalized spacial score (nSPS) is 22.8. The van der Waals surface area contributed by atoms with Gasteiger partial charge in [0, 0.05) is 24.7 Å². The Morgan fingerprint density at radius 3 is 2.64 bits per heavy atom. The molecule has 0 saturated carbocycles. The molecule has 33 heavy (non-hydrogen) atoms. The first-order valence-electron chi connectivity index (χ1n) is 11.2. The Morgan fingerprint density at radius 1 is 1.21 bits per heavy atom. The summed E-state index contributed by atoms with van der Waals surface area (Å²) in [5.41, 5.74) is 1.75. The molecular formula is C23H26N4O5S. The lowest BCUT2D eigenvalue weighted by Gasteiger charge is -2.55. The van der Waals surface area contributed by atoms with Gasteiger partial charge in [-0.05, 0) is 39.3 Å². The fraction of sp³-hybridized carbons (Fsp3) is 0.522. The van der Waals surface area contributed by atoms with Crippen LogP contribution in [0, 0.1) is 0 Å². The van der Waals surface area contributed by atoms with Crippen molar-refractivity contribution in [1.29, 1.82) is 0 Å². The van der Waals surface area contributed by atoms with Crippen LogP contribution in [0.25, 0.3) is 21.7 Å². The van der Waals surface area contributed by atoms with Crippen LogP contribution in [0.15, 0.2) is 28.1 Å². The van der Waals surface area contributed by atoms with Gasteiger partial charge in [-0.15, -0.1) is 11.3 Å². The van der Waals surface area contributed by atoms with Crippen molar-refractivity contribution in [2.24, 2.45) is 0 Å². The van der Waals surface area contributed by atoms with Gasteiger partial charge in [0.25, 0.3) is 6.01 Å². The first kappa shape index (κ1) is 20.7. The molecule has 0 spiro atoms. The van der Waals surface area contributed by atoms with E-state index in [2.05, 4.69) is 9.88 Å². The maximum atomic E-state index is 12.6. The number of piperidine rings is 1. The van der Waals surface area contributed by atoms with Crippen LogP contribution in [0.5, 0.6) is 5.75 Å². The Morgan fingerprint density at radius 2 is 2.00 bits per heavy atom. The van der Waals surface area contributed by atoms with Crippen LogP contribution in [-0.2, 0) is 9.47 Å². The number of rotatable bonds is 4. The summed E-state index contributed by atoms with van der Waals surface area (Å²) in [6.45, 7) is 8.14. The Hall–Kier alpha value is -2.85. The summed E-state index contributed by atoms with van der Waals surface area (Å²) in [6.07, 6.45) is 2.54. The summed E-state index contributed by atoms with van der Waals surface area (Å²) >= 11 is 1.56. The minimum absolute atomic E-state index is 0.0316. The minimum atomic E-state index is -0.505. The summed E-state index contributed by atoms with van der Waals surface area (Å²) in [7, 11) is 0. The zero-order chi connectivity index (χ0) is 22.7. The number of hydrogen-bond donors (Lipinski definition) is 0. The van der Waals surface area contributed by atoms with Crippen molar-refractivity contribution >= 4 is 34.5 Å². The first-order chi connectivity index (χ1) is 15.9. The molecule has 7 rings (SSSR count). The third kappa shape index (κ3) is 3.71. The molecule has 2 unspecified atom stereocenters. The number of nitrogens with zero attached hydrogens (tertiary/aromatic N) is 4. The van der Waals surface area contributed by atoms with Crippen molar-refractivity contribution in [2.75, 3.05) is 31.2 Å². The highest BCUT2D eigenvalue weighted by Gasteiger charge is 2.49. The van der Waals surface area contributed by atoms with E-state index in [-0.39, 0.29) is 24.3 Å². The third-order valence-corrected chi connectivity index (χ3v) is 6.93. The van der Waals surface area contributed by atoms with Gasteiger partial charge in [0.05, 0.1) is 30.9 Å². The van der Waals surface area contributed by atoms with Gasteiger partial charge in [0.2, 0.25) is 0 Å². The second-order valence-corrected chi connectivity index (χ2v) is 10.6. The predicted octanol–water partition coefficient (Wildman–Crippen LogP) is 3.93. The van der Waals surface area contributed by atoms with E-state index in [4.69, 9.17) is 23.6 Å². The van der Waals surface area contributed by atoms with Crippen molar-refractivity contribution in [1.82, 2.24) is 14.9 Å². The number of thiazole rings is 1. The third-order valence-electron chi connectivity index (χ3n) is 6.13. The van der Waals surface area contributed by atoms with Crippen LogP contribution in [0.4, 0.5) is 10.8 Å². The van der Waals surface area contributed by atoms with Gasteiger partial charge in [-0.2, -0.15) is 4.98 Å². The van der Waals surface area contributed by atoms with E-state index in [1.165, 1.54) is 0 Å². The molecule has 2 atom stereocenters. The molecule has 4 fully saturated rings. The van der Waals surface area contributed by atoms with E-state index < -0.39 is 5.60 Å². The largest absolute Gasteiger partial charge is 0.483 e. The summed E-state index contributed by atoms with van der Waals surface area (Å²) in [4.78, 5) is 25.9. The fourth-order valence-corrected chi connectivity index (χ4v) is 5.23. The molecule has 2 aromatic heterocycles. The maximum Gasteiger partial charge on any atom is 0.410 e. The van der Waals surface area contributed by atoms with Gasteiger partial charge >= 0.3 is 6.09 Å². The van der Waals surface area contributed by atoms with E-state index in [1.54, 1.807) is 17.5 Å². The van der Waals surface area contributed by atoms with Crippen LogP contribution in [-0.4, -0.2) is 71.1 Å². The number of fused-ring (bicyclic) bond motifs is 3. The molecule has 4 saturated heterocycles. The van der Waals surface area contributed by atoms with Gasteiger partial charge in [0.1, 0.15) is 22.5 Å². The minimum Gasteiger partial charge on any atom is -0.483 e. The molecule has 1 aromatic carbocycles. The summed E-state index contributed by atoms with van der Waals surface area (Å²) in [5.74, 6) is 0.686. The molecule has 0 N–H and O–H groups in total. The average molecular weight is 471 g/mol. The van der Waals surface area contributed by atoms with E-state index >= 15 is 0 Å². The molecule has 6 heterocycles. The number of aromatic nitrogens is 2. The smallest absolute Gasteiger partial charge is 0.410 e. The van der Waals surface area contributed by atoms with Gasteiger partial charge in [0.15, 0.2) is 11.1 Å². The number of ether oxygens (including phenoxy) is 3. The zero-order valence-corrected chi connectivity index (χ0v) is 19.6. The Kier molecular flexibility index (Phi) is 4.77. The number of amides is 1. The molecule has 0 radical (unpaired) electrons. The van der Waals surface area contributed by atoms with Crippen molar-refractivity contribution in [3.8, 4) is 16.3 Å². The Labute approximate surface area is 195 Å². The molecule has 10 heteroatoms. The van der Waals surface area contributed by atoms with Crippen LogP contribution in [0.2, 0.25) is 0 Å². The van der Waals surface area contributed by atoms with Gasteiger partial charge in [-0.3, -0.25) is 4.90 Å². The van der Waals surface area contributed by atoms with E-state index in [0.717, 1.165) is 17.0 Å². The fourth-order valence-electron chi connectivity index (χ4n) is 4.57. The number of carbonyl (C=O) groups excluding carboxylic acids is 1. The number of oxazole rings is 1. The van der Waals surface area contributed by atoms with Crippen LogP contribution in [0.1, 0.15) is 27.2 Å². The van der Waals surface area contributed by atoms with Crippen LogP contribution >= 0.6 is 11.3 Å². The monoisotopic (exact) mass is 470 g/mol. The molecule has 9 nitrogen and oxygen atoms in total. The van der Waals surface area contributed by atoms with Gasteiger partial charge in [-0.25, -0.2) is 9.78 Å². The van der Waals surface area contributed by atoms with Crippen LogP contribution in [0.3, 0.4) is 0 Å². The van der Waals surface area contributed by atoms with E-state index in [9.17, 15) is 4.79 Å². The topological polar surface area (TPSA) is 90.2 Å². The molecule has 1 amide bonds. The molecule has 174 valence electrons. The van der Waals surface area contributed by atoms with Crippen LogP contribution < -0.4 is 9.64 Å². The molecule has 4 aliphatic heterocycles. The second-order valence-electron chi connectivity index (χ2n) is 9.74. The van der Waals surface area contributed by atoms with Gasteiger partial charge in [-0.1, -0.05) is 0 Å². The van der Waals surface area contributed by atoms with Crippen molar-refractivity contribution in [3.05, 3.63) is 23.7 Å². The van der Waals surface area contributed by atoms with Gasteiger partial charge < -0.3 is 23.5 Å². The lowest BCUT2D eigenvalue weighted by molar-refractivity contribution is -0.0791. The highest BCUT2D eigenvalue weighted by Crippen LogP contribution is 2.41. The maximum absolute atomic E-state index is 12.6. The quantitative estimate of drug-likeness (QED) is 0.567. The molecule has 3 aromatic rings. The summed E-state index contributed by atoms with van der Waals surface area (Å²) < 4.78 is 23.3. The molecule has 4 aliphatic rings. The average Bonchev–Trinajstić information content (AvgIpc) is 3.39. The first-order valence-corrected chi connectivity index (χ1v) is 12.1. The Balaban J connectivity index is 1.28. The number of hydrogen-bond acceptors (Lipinski definition) is 9. The lowest BCUT2D eigenvalue weighted by Crippen LogP contribution is -2.70. The molecule has 2 bridgehead atoms. The predicted molar refractivity (Wildman–Crippen MR) is 123 cm³/mol.